The molecule has 0 fully saturated rings. The highest BCUT2D eigenvalue weighted by molar-refractivity contribution is 9.11. The summed E-state index contributed by atoms with van der Waals surface area (Å²) in [5.41, 5.74) is -1.28. The summed E-state index contributed by atoms with van der Waals surface area (Å²) < 4.78 is 6.69. The number of esters is 1. The van der Waals surface area contributed by atoms with E-state index in [2.05, 4.69) is 15.9 Å². The predicted octanol–water partition coefficient (Wildman–Crippen LogP) is 5.30. The first-order valence-corrected chi connectivity index (χ1v) is 9.61. The molecule has 5 heteroatoms. The third-order valence-corrected chi connectivity index (χ3v) is 5.81. The minimum absolute atomic E-state index is 0.120. The van der Waals surface area contributed by atoms with Crippen molar-refractivity contribution in [3.05, 3.63) is 20.8 Å². The highest BCUT2D eigenvalue weighted by Gasteiger charge is 2.40. The maximum Gasteiger partial charge on any atom is 0.317 e. The molecule has 0 aliphatic heterocycles. The van der Waals surface area contributed by atoms with Crippen molar-refractivity contribution in [2.75, 3.05) is 6.61 Å². The number of aliphatic hydroxyl groups is 1. The Hall–Kier alpha value is -0.390. The van der Waals surface area contributed by atoms with Gasteiger partial charge in [-0.05, 0) is 74.0 Å². The fourth-order valence-corrected chi connectivity index (χ4v) is 3.88. The molecule has 3 nitrogen and oxygen atoms in total. The highest BCUT2D eigenvalue weighted by atomic mass is 79.9. The molecule has 1 rings (SSSR count). The predicted molar refractivity (Wildman–Crippen MR) is 99.9 cm³/mol. The van der Waals surface area contributed by atoms with Crippen LogP contribution in [-0.4, -0.2) is 23.3 Å². The summed E-state index contributed by atoms with van der Waals surface area (Å²) in [6, 6.07) is 3.97. The van der Waals surface area contributed by atoms with Crippen molar-refractivity contribution in [3.63, 3.8) is 0 Å². The van der Waals surface area contributed by atoms with Crippen molar-refractivity contribution in [1.29, 1.82) is 0 Å². The zero-order valence-electron chi connectivity index (χ0n) is 15.0. The van der Waals surface area contributed by atoms with Crippen LogP contribution in [0.25, 0.3) is 0 Å². The number of aliphatic hydroxyl groups excluding tert-OH is 1. The van der Waals surface area contributed by atoms with Crippen LogP contribution >= 0.6 is 27.3 Å². The molecule has 0 bridgehead atoms. The molecular weight excluding hydrogens is 376 g/mol. The molecule has 0 aliphatic rings. The molecule has 1 aromatic rings. The van der Waals surface area contributed by atoms with E-state index in [0.29, 0.717) is 6.42 Å². The summed E-state index contributed by atoms with van der Waals surface area (Å²) in [5.74, 6) is -0.179. The zero-order chi connectivity index (χ0) is 17.9. The molecule has 0 spiro atoms. The third-order valence-electron chi connectivity index (χ3n) is 3.92. The number of thiophene rings is 1. The third kappa shape index (κ3) is 6.20. The Labute approximate surface area is 152 Å². The molecule has 1 unspecified atom stereocenters. The molecule has 0 radical (unpaired) electrons. The maximum absolute atomic E-state index is 12.8. The zero-order valence-corrected chi connectivity index (χ0v) is 17.4. The van der Waals surface area contributed by atoms with Gasteiger partial charge in [0, 0.05) is 11.5 Å². The Morgan fingerprint density at radius 3 is 2.22 bits per heavy atom. The molecule has 1 atom stereocenters. The van der Waals surface area contributed by atoms with Gasteiger partial charge in [-0.15, -0.1) is 11.3 Å². The van der Waals surface area contributed by atoms with E-state index in [4.69, 9.17) is 4.74 Å². The molecule has 1 N–H and O–H groups in total. The second-order valence-corrected chi connectivity index (χ2v) is 10.6. The summed E-state index contributed by atoms with van der Waals surface area (Å²) >= 11 is 5.06. The topological polar surface area (TPSA) is 46.5 Å². The van der Waals surface area contributed by atoms with Gasteiger partial charge in [-0.25, -0.2) is 0 Å². The van der Waals surface area contributed by atoms with Crippen LogP contribution in [0.2, 0.25) is 0 Å². The van der Waals surface area contributed by atoms with Crippen molar-refractivity contribution in [2.45, 2.75) is 71.8 Å². The second kappa shape index (κ2) is 7.66. The summed E-state index contributed by atoms with van der Waals surface area (Å²) in [6.07, 6.45) is 2.44. The van der Waals surface area contributed by atoms with E-state index in [1.807, 2.05) is 53.7 Å². The molecule has 23 heavy (non-hydrogen) atoms. The summed E-state index contributed by atoms with van der Waals surface area (Å²) in [6.45, 7) is 11.9. The Balaban J connectivity index is 2.95. The monoisotopic (exact) mass is 404 g/mol. The Bertz CT molecular complexity index is 531. The molecule has 0 saturated carbocycles. The van der Waals surface area contributed by atoms with E-state index in [1.165, 1.54) is 0 Å². The molecule has 132 valence electrons. The standard InChI is InChI=1S/C18H29BrO3S/c1-16(2,3)22-15(21)18(6,13-8-9-14(19)23-13)11-7-10-17(4,5)12-20/h8-9,20H,7,10-12H2,1-6H3. The summed E-state index contributed by atoms with van der Waals surface area (Å²) in [7, 11) is 0. The van der Waals surface area contributed by atoms with Gasteiger partial charge in [-0.1, -0.05) is 20.3 Å². The van der Waals surface area contributed by atoms with Gasteiger partial charge < -0.3 is 9.84 Å². The van der Waals surface area contributed by atoms with Crippen LogP contribution in [0.15, 0.2) is 15.9 Å². The molecule has 0 amide bonds. The highest BCUT2D eigenvalue weighted by Crippen LogP contribution is 2.39. The van der Waals surface area contributed by atoms with Crippen LogP contribution in [0, 0.1) is 5.41 Å². The van der Waals surface area contributed by atoms with Gasteiger partial charge in [0.15, 0.2) is 0 Å². The molecule has 1 heterocycles. The quantitative estimate of drug-likeness (QED) is 0.627. The maximum atomic E-state index is 12.8. The van der Waals surface area contributed by atoms with Gasteiger partial charge in [0.25, 0.3) is 0 Å². The van der Waals surface area contributed by atoms with Crippen LogP contribution < -0.4 is 0 Å². The Morgan fingerprint density at radius 1 is 1.17 bits per heavy atom. The SMILES string of the molecule is CC(C)(CO)CCCC(C)(C(=O)OC(C)(C)C)c1ccc(Br)s1. The van der Waals surface area contributed by atoms with E-state index in [9.17, 15) is 9.90 Å². The second-order valence-electron chi connectivity index (χ2n) is 8.11. The number of hydrogen-bond donors (Lipinski definition) is 1. The van der Waals surface area contributed by atoms with Crippen LogP contribution in [-0.2, 0) is 14.9 Å². The van der Waals surface area contributed by atoms with Gasteiger partial charge in [-0.3, -0.25) is 4.79 Å². The van der Waals surface area contributed by atoms with Gasteiger partial charge in [-0.2, -0.15) is 0 Å². The number of ether oxygens (including phenoxy) is 1. The number of hydrogen-bond acceptors (Lipinski definition) is 4. The van der Waals surface area contributed by atoms with Gasteiger partial charge in [0.05, 0.1) is 9.20 Å². The van der Waals surface area contributed by atoms with Crippen molar-refractivity contribution in [2.24, 2.45) is 5.41 Å². The fraction of sp³-hybridized carbons (Fsp3) is 0.722. The van der Waals surface area contributed by atoms with Gasteiger partial charge in [0.1, 0.15) is 5.60 Å². The average Bonchev–Trinajstić information content (AvgIpc) is 2.83. The summed E-state index contributed by atoms with van der Waals surface area (Å²) in [5, 5.41) is 9.41. The Morgan fingerprint density at radius 2 is 1.78 bits per heavy atom. The van der Waals surface area contributed by atoms with Crippen molar-refractivity contribution in [3.8, 4) is 0 Å². The van der Waals surface area contributed by atoms with Crippen molar-refractivity contribution >= 4 is 33.2 Å². The fourth-order valence-electron chi connectivity index (χ4n) is 2.33. The van der Waals surface area contributed by atoms with Gasteiger partial charge >= 0.3 is 5.97 Å². The molecule has 1 aromatic heterocycles. The largest absolute Gasteiger partial charge is 0.459 e. The first kappa shape index (κ1) is 20.7. The van der Waals surface area contributed by atoms with Crippen molar-refractivity contribution in [1.82, 2.24) is 0 Å². The first-order chi connectivity index (χ1) is 10.4. The number of carbonyl (C=O) groups excluding carboxylic acids is 1. The van der Waals surface area contributed by atoms with Crippen LogP contribution in [0.3, 0.4) is 0 Å². The number of halogens is 1. The van der Waals surface area contributed by atoms with Crippen LogP contribution in [0.4, 0.5) is 0 Å². The molecule has 0 saturated heterocycles. The van der Waals surface area contributed by atoms with Crippen LogP contribution in [0.1, 0.15) is 65.7 Å². The molecule has 0 aromatic carbocycles. The lowest BCUT2D eigenvalue weighted by molar-refractivity contribution is -0.161. The lowest BCUT2D eigenvalue weighted by Gasteiger charge is -2.32. The molecule has 0 aliphatic carbocycles. The van der Waals surface area contributed by atoms with E-state index in [0.717, 1.165) is 21.5 Å². The Kier molecular flexibility index (Phi) is 6.88. The first-order valence-electron chi connectivity index (χ1n) is 8.00. The average molecular weight is 405 g/mol. The van der Waals surface area contributed by atoms with Crippen LogP contribution in [0.5, 0.6) is 0 Å². The normalized spacial score (nSPS) is 15.3. The van der Waals surface area contributed by atoms with E-state index in [1.54, 1.807) is 11.3 Å². The van der Waals surface area contributed by atoms with Crippen molar-refractivity contribution < 1.29 is 14.6 Å². The minimum atomic E-state index is -0.657. The lowest BCUT2D eigenvalue weighted by atomic mass is 9.79. The number of carbonyl (C=O) groups is 1. The van der Waals surface area contributed by atoms with E-state index >= 15 is 0 Å². The summed E-state index contributed by atoms with van der Waals surface area (Å²) in [4.78, 5) is 13.8. The smallest absolute Gasteiger partial charge is 0.317 e. The molecular formula is C18H29BrO3S. The van der Waals surface area contributed by atoms with Gasteiger partial charge in [0.2, 0.25) is 0 Å². The number of rotatable bonds is 7. The van der Waals surface area contributed by atoms with E-state index in [-0.39, 0.29) is 18.0 Å². The minimum Gasteiger partial charge on any atom is -0.459 e. The van der Waals surface area contributed by atoms with E-state index < -0.39 is 11.0 Å². The lowest BCUT2D eigenvalue weighted by Crippen LogP contribution is -2.38.